The molecule has 0 bridgehead atoms. The Kier molecular flexibility index (Phi) is 3.96. The van der Waals surface area contributed by atoms with Crippen LogP contribution in [0.4, 0.5) is 5.69 Å². The van der Waals surface area contributed by atoms with Crippen molar-refractivity contribution in [3.05, 3.63) is 36.2 Å². The summed E-state index contributed by atoms with van der Waals surface area (Å²) in [4.78, 5) is 14.7. The number of carbonyl (C=O) groups is 1. The zero-order chi connectivity index (χ0) is 14.8. The van der Waals surface area contributed by atoms with Gasteiger partial charge in [0.1, 0.15) is 6.33 Å². The Morgan fingerprint density at radius 2 is 2.19 bits per heavy atom. The molecule has 1 aromatic heterocycles. The van der Waals surface area contributed by atoms with Crippen molar-refractivity contribution in [2.45, 2.75) is 30.2 Å². The zero-order valence-corrected chi connectivity index (χ0v) is 13.0. The normalized spacial score (nSPS) is 15.6. The van der Waals surface area contributed by atoms with E-state index in [2.05, 4.69) is 16.3 Å². The van der Waals surface area contributed by atoms with Gasteiger partial charge in [0.15, 0.2) is 5.16 Å². The molecule has 1 amide bonds. The highest BCUT2D eigenvalue weighted by Crippen LogP contribution is 2.30. The largest absolute Gasteiger partial charge is 0.312 e. The van der Waals surface area contributed by atoms with Crippen molar-refractivity contribution < 1.29 is 4.79 Å². The maximum atomic E-state index is 12.7. The molecule has 5 nitrogen and oxygen atoms in total. The Labute approximate surface area is 128 Å². The van der Waals surface area contributed by atoms with Gasteiger partial charge in [-0.05, 0) is 31.4 Å². The molecule has 0 unspecified atom stereocenters. The van der Waals surface area contributed by atoms with Crippen LogP contribution < -0.4 is 4.90 Å². The second-order valence-electron chi connectivity index (χ2n) is 5.21. The van der Waals surface area contributed by atoms with E-state index in [0.29, 0.717) is 0 Å². The lowest BCUT2D eigenvalue weighted by Crippen LogP contribution is -2.40. The van der Waals surface area contributed by atoms with Gasteiger partial charge in [-0.1, -0.05) is 30.0 Å². The van der Waals surface area contributed by atoms with E-state index in [9.17, 15) is 4.79 Å². The Bertz CT molecular complexity index is 655. The van der Waals surface area contributed by atoms with Crippen LogP contribution in [0.5, 0.6) is 0 Å². The number of hydrogen-bond acceptors (Lipinski definition) is 4. The van der Waals surface area contributed by atoms with Gasteiger partial charge in [-0.2, -0.15) is 0 Å². The number of para-hydroxylation sites is 1. The molecule has 21 heavy (non-hydrogen) atoms. The van der Waals surface area contributed by atoms with Gasteiger partial charge >= 0.3 is 0 Å². The number of fused-ring (bicyclic) bond motifs is 1. The number of rotatable bonds is 3. The van der Waals surface area contributed by atoms with E-state index in [1.54, 1.807) is 6.33 Å². The van der Waals surface area contributed by atoms with E-state index in [4.69, 9.17) is 0 Å². The van der Waals surface area contributed by atoms with Gasteiger partial charge in [0.2, 0.25) is 5.91 Å². The van der Waals surface area contributed by atoms with Gasteiger partial charge in [-0.25, -0.2) is 0 Å². The first-order valence-electron chi connectivity index (χ1n) is 7.07. The Morgan fingerprint density at radius 1 is 1.38 bits per heavy atom. The summed E-state index contributed by atoms with van der Waals surface area (Å²) in [7, 11) is 1.88. The summed E-state index contributed by atoms with van der Waals surface area (Å²) in [5.41, 5.74) is 2.31. The number of anilines is 1. The molecule has 0 radical (unpaired) electrons. The fourth-order valence-corrected chi connectivity index (χ4v) is 3.42. The molecule has 1 atom stereocenters. The third-order valence-electron chi connectivity index (χ3n) is 3.68. The average Bonchev–Trinajstić information content (AvgIpc) is 2.91. The topological polar surface area (TPSA) is 51.0 Å². The molecule has 1 aliphatic rings. The van der Waals surface area contributed by atoms with Crippen LogP contribution in [0.25, 0.3) is 0 Å². The summed E-state index contributed by atoms with van der Waals surface area (Å²) in [6.07, 6.45) is 3.71. The van der Waals surface area contributed by atoms with Crippen LogP contribution in [-0.2, 0) is 18.3 Å². The summed E-state index contributed by atoms with van der Waals surface area (Å²) in [5, 5.41) is 8.47. The predicted molar refractivity (Wildman–Crippen MR) is 83.4 cm³/mol. The van der Waals surface area contributed by atoms with Crippen LogP contribution in [0.1, 0.15) is 18.9 Å². The Balaban J connectivity index is 1.78. The number of carbonyl (C=O) groups excluding carboxylic acids is 1. The van der Waals surface area contributed by atoms with Crippen molar-refractivity contribution in [3.63, 3.8) is 0 Å². The number of amides is 1. The van der Waals surface area contributed by atoms with Crippen LogP contribution in [-0.4, -0.2) is 32.5 Å². The van der Waals surface area contributed by atoms with Gasteiger partial charge in [-0.15, -0.1) is 10.2 Å². The van der Waals surface area contributed by atoms with E-state index in [1.807, 2.05) is 41.6 Å². The Hall–Kier alpha value is -1.82. The predicted octanol–water partition coefficient (Wildman–Crippen LogP) is 2.28. The standard InChI is InChI=1S/C15H18N4OS/c1-11(21-15-17-16-10-18(15)2)14(20)19-9-5-7-12-6-3-4-8-13(12)19/h3-4,6,8,10-11H,5,7,9H2,1-2H3/t11-/m0/s1. The number of thioether (sulfide) groups is 1. The molecule has 110 valence electrons. The average molecular weight is 302 g/mol. The van der Waals surface area contributed by atoms with E-state index in [-0.39, 0.29) is 11.2 Å². The highest BCUT2D eigenvalue weighted by Gasteiger charge is 2.27. The van der Waals surface area contributed by atoms with E-state index in [1.165, 1.54) is 17.3 Å². The molecule has 6 heteroatoms. The van der Waals surface area contributed by atoms with Gasteiger partial charge < -0.3 is 9.47 Å². The van der Waals surface area contributed by atoms with E-state index in [0.717, 1.165) is 30.2 Å². The lowest BCUT2D eigenvalue weighted by Gasteiger charge is -2.31. The second-order valence-corrected chi connectivity index (χ2v) is 6.51. The van der Waals surface area contributed by atoms with Crippen LogP contribution >= 0.6 is 11.8 Å². The molecule has 0 saturated carbocycles. The second kappa shape index (κ2) is 5.89. The number of benzene rings is 1. The highest BCUT2D eigenvalue weighted by atomic mass is 32.2. The lowest BCUT2D eigenvalue weighted by molar-refractivity contribution is -0.117. The highest BCUT2D eigenvalue weighted by molar-refractivity contribution is 8.00. The van der Waals surface area contributed by atoms with Crippen LogP contribution in [0.15, 0.2) is 35.7 Å². The third-order valence-corrected chi connectivity index (χ3v) is 4.81. The zero-order valence-electron chi connectivity index (χ0n) is 12.2. The van der Waals surface area contributed by atoms with Crippen LogP contribution in [0, 0.1) is 0 Å². The number of nitrogens with zero attached hydrogens (tertiary/aromatic N) is 4. The quantitative estimate of drug-likeness (QED) is 0.816. The lowest BCUT2D eigenvalue weighted by atomic mass is 10.0. The first-order valence-corrected chi connectivity index (χ1v) is 7.94. The number of hydrogen-bond donors (Lipinski definition) is 0. The molecule has 0 aliphatic carbocycles. The minimum Gasteiger partial charge on any atom is -0.312 e. The van der Waals surface area contributed by atoms with Gasteiger partial charge in [0.05, 0.1) is 5.25 Å². The first kappa shape index (κ1) is 14.1. The molecular weight excluding hydrogens is 284 g/mol. The minimum absolute atomic E-state index is 0.134. The van der Waals surface area contributed by atoms with Crippen molar-refractivity contribution in [1.82, 2.24) is 14.8 Å². The molecule has 2 heterocycles. The first-order chi connectivity index (χ1) is 10.2. The molecule has 0 spiro atoms. The number of aryl methyl sites for hydroxylation is 2. The molecule has 0 N–H and O–H groups in total. The number of aromatic nitrogens is 3. The van der Waals surface area contributed by atoms with Crippen molar-refractivity contribution in [1.29, 1.82) is 0 Å². The molecule has 0 fully saturated rings. The van der Waals surface area contributed by atoms with Crippen molar-refractivity contribution in [2.24, 2.45) is 7.05 Å². The summed E-state index contributed by atoms with van der Waals surface area (Å²) in [6.45, 7) is 2.72. The summed E-state index contributed by atoms with van der Waals surface area (Å²) < 4.78 is 1.83. The SMILES string of the molecule is C[C@H](Sc1nncn1C)C(=O)N1CCCc2ccccc21. The van der Waals surface area contributed by atoms with E-state index < -0.39 is 0 Å². The van der Waals surface area contributed by atoms with E-state index >= 15 is 0 Å². The van der Waals surface area contributed by atoms with Crippen LogP contribution in [0.2, 0.25) is 0 Å². The van der Waals surface area contributed by atoms with Gasteiger partial charge in [0, 0.05) is 19.3 Å². The molecular formula is C15H18N4OS. The fraction of sp³-hybridized carbons (Fsp3) is 0.400. The smallest absolute Gasteiger partial charge is 0.240 e. The Morgan fingerprint density at radius 3 is 2.95 bits per heavy atom. The van der Waals surface area contributed by atoms with Gasteiger partial charge in [0.25, 0.3) is 0 Å². The molecule has 3 rings (SSSR count). The fourth-order valence-electron chi connectivity index (χ4n) is 2.57. The third kappa shape index (κ3) is 2.81. The minimum atomic E-state index is -0.181. The van der Waals surface area contributed by atoms with Crippen molar-refractivity contribution in [3.8, 4) is 0 Å². The van der Waals surface area contributed by atoms with Crippen molar-refractivity contribution in [2.75, 3.05) is 11.4 Å². The molecule has 2 aromatic rings. The summed E-state index contributed by atoms with van der Waals surface area (Å²) in [6, 6.07) is 8.16. The molecule has 1 aromatic carbocycles. The molecule has 0 saturated heterocycles. The van der Waals surface area contributed by atoms with Crippen molar-refractivity contribution >= 4 is 23.4 Å². The molecule has 1 aliphatic heterocycles. The summed E-state index contributed by atoms with van der Waals surface area (Å²) in [5.74, 6) is 0.134. The maximum absolute atomic E-state index is 12.7. The monoisotopic (exact) mass is 302 g/mol. The maximum Gasteiger partial charge on any atom is 0.240 e. The van der Waals surface area contributed by atoms with Crippen LogP contribution in [0.3, 0.4) is 0 Å². The summed E-state index contributed by atoms with van der Waals surface area (Å²) >= 11 is 1.45. The van der Waals surface area contributed by atoms with Gasteiger partial charge in [-0.3, -0.25) is 4.79 Å².